The molecule has 5 aromatic carbocycles. The molecule has 0 fully saturated rings. The smallest absolute Gasteiger partial charge is 0.309 e. The van der Waals surface area contributed by atoms with Crippen molar-refractivity contribution in [1.29, 1.82) is 0 Å². The van der Waals surface area contributed by atoms with Gasteiger partial charge in [-0.15, -0.1) is 0 Å². The summed E-state index contributed by atoms with van der Waals surface area (Å²) in [7, 11) is -8.21. The lowest BCUT2D eigenvalue weighted by atomic mass is 9.77. The molecule has 1 atom stereocenters. The lowest BCUT2D eigenvalue weighted by Crippen LogP contribution is -2.24. The van der Waals surface area contributed by atoms with Gasteiger partial charge in [0, 0.05) is 54.7 Å². The van der Waals surface area contributed by atoms with Crippen LogP contribution in [0.5, 0.6) is 0 Å². The van der Waals surface area contributed by atoms with Gasteiger partial charge in [-0.05, 0) is 140 Å². The zero-order valence-electron chi connectivity index (χ0n) is 38.5. The summed E-state index contributed by atoms with van der Waals surface area (Å²) in [6.45, 7) is 11.3. The van der Waals surface area contributed by atoms with Crippen molar-refractivity contribution in [2.24, 2.45) is 5.92 Å². The first-order valence-electron chi connectivity index (χ1n) is 22.5. The largest absolute Gasteiger partial charge is 0.466 e. The van der Waals surface area contributed by atoms with Gasteiger partial charge in [0.1, 0.15) is 6.54 Å². The fraction of sp³-hybridized carbons (Fsp3) is 0.321. The van der Waals surface area contributed by atoms with E-state index in [0.717, 1.165) is 77.7 Å². The fourth-order valence-corrected chi connectivity index (χ4v) is 10.0. The molecule has 1 unspecified atom stereocenters. The highest BCUT2D eigenvalue weighted by atomic mass is 32.2. The van der Waals surface area contributed by atoms with E-state index >= 15 is 0 Å². The molecule has 0 radical (unpaired) electrons. The Bertz CT molecular complexity index is 2970. The van der Waals surface area contributed by atoms with Gasteiger partial charge >= 0.3 is 5.97 Å². The molecule has 0 aromatic heterocycles. The molecule has 11 nitrogen and oxygen atoms in total. The minimum absolute atomic E-state index is 0.245. The van der Waals surface area contributed by atoms with Crippen molar-refractivity contribution in [1.82, 2.24) is 0 Å². The molecule has 0 saturated carbocycles. The molecule has 66 heavy (non-hydrogen) atoms. The van der Waals surface area contributed by atoms with Gasteiger partial charge in [-0.1, -0.05) is 78.9 Å². The van der Waals surface area contributed by atoms with E-state index in [1.54, 1.807) is 6.92 Å². The highest BCUT2D eigenvalue weighted by molar-refractivity contribution is 7.86. The van der Waals surface area contributed by atoms with Crippen molar-refractivity contribution in [3.8, 4) is 0 Å². The third-order valence-corrected chi connectivity index (χ3v) is 13.9. The van der Waals surface area contributed by atoms with Crippen LogP contribution in [0.4, 0.5) is 17.1 Å². The minimum Gasteiger partial charge on any atom is -0.466 e. The van der Waals surface area contributed by atoms with Crippen molar-refractivity contribution in [2.75, 3.05) is 41.8 Å². The minimum atomic E-state index is -4.11. The Morgan fingerprint density at radius 2 is 1.39 bits per heavy atom. The Morgan fingerprint density at radius 1 is 0.788 bits per heavy atom. The Morgan fingerprint density at radius 3 is 2.03 bits per heavy atom. The summed E-state index contributed by atoms with van der Waals surface area (Å²) < 4.78 is 73.3. The summed E-state index contributed by atoms with van der Waals surface area (Å²) in [4.78, 5) is 15.9. The monoisotopic (exact) mass is 932 g/mol. The second kappa shape index (κ2) is 22.1. The number of ether oxygens (including phenoxy) is 1. The number of carbonyl (C=O) groups is 1. The summed E-state index contributed by atoms with van der Waals surface area (Å²) in [5.74, 6) is -1.40. The number of carbonyl (C=O) groups excluding carboxylic acids is 1. The average molecular weight is 933 g/mol. The molecule has 1 aliphatic rings. The van der Waals surface area contributed by atoms with Crippen LogP contribution in [0.2, 0.25) is 0 Å². The summed E-state index contributed by atoms with van der Waals surface area (Å²) in [6, 6.07) is 32.4. The number of nitrogens with zero attached hydrogens (tertiary/aromatic N) is 2. The van der Waals surface area contributed by atoms with Gasteiger partial charge in [0.15, 0.2) is 5.71 Å². The number of nitrogen functional groups attached to an aromatic ring is 1. The lowest BCUT2D eigenvalue weighted by Gasteiger charge is -2.29. The predicted octanol–water partition coefficient (Wildman–Crippen LogP) is 11.0. The topological polar surface area (TPSA) is 167 Å². The molecule has 13 heteroatoms. The number of hydrogen-bond acceptors (Lipinski definition) is 8. The molecule has 4 N–H and O–H groups in total. The van der Waals surface area contributed by atoms with E-state index < -0.39 is 26.2 Å². The van der Waals surface area contributed by atoms with Crippen LogP contribution in [0.3, 0.4) is 0 Å². The molecule has 0 bridgehead atoms. The van der Waals surface area contributed by atoms with Crippen molar-refractivity contribution in [2.45, 2.75) is 73.1 Å². The SMILES string of the molecule is CCOC(=O)C1CC(/C=C/C(C)=[N+](\CCCCS(=O)(=O)O)c2ccc3ccccc3c2C)=C(c2ccc(N)cc2)C(=C/C=C(\C)N(CCCCS(=O)(=O)O)c2ccc3ccccc3c2C)/C1. The van der Waals surface area contributed by atoms with Crippen LogP contribution in [0.1, 0.15) is 76.0 Å². The van der Waals surface area contributed by atoms with Gasteiger partial charge in [-0.25, -0.2) is 0 Å². The lowest BCUT2D eigenvalue weighted by molar-refractivity contribution is -0.441. The van der Waals surface area contributed by atoms with Crippen molar-refractivity contribution < 1.29 is 40.0 Å². The molecule has 0 aliphatic heterocycles. The predicted molar refractivity (Wildman–Crippen MR) is 270 cm³/mol. The van der Waals surface area contributed by atoms with Gasteiger partial charge in [-0.2, -0.15) is 21.4 Å². The van der Waals surface area contributed by atoms with Gasteiger partial charge in [-0.3, -0.25) is 13.9 Å². The normalized spacial score (nSPS) is 16.1. The zero-order chi connectivity index (χ0) is 47.6. The van der Waals surface area contributed by atoms with Crippen molar-refractivity contribution in [3.63, 3.8) is 0 Å². The standard InChI is InChI=1S/C53H61N3O8S2/c1-6-64-53(57)46-35-44(21-19-37(2)55(31-11-13-33-65(58,59)60)50-29-25-41-15-7-9-17-48(41)39(50)4)52(43-23-27-47(54)28-24-43)45(36-46)22-20-38(3)56(32-12-14-34-66(61,62)63)51-30-26-42-16-8-10-18-49(42)40(51)5/h7-10,15-30,46,54H,6,11-14,31-36H2,1-5H3,(H2,58,59,60,61,62,63)/p+1/b37-19+,44-21+. The molecular weight excluding hydrogens is 871 g/mol. The summed E-state index contributed by atoms with van der Waals surface area (Å²) in [5.41, 5.74) is 16.5. The van der Waals surface area contributed by atoms with Crippen LogP contribution in [0.15, 0.2) is 138 Å². The Balaban J connectivity index is 1.49. The molecule has 0 heterocycles. The molecule has 0 amide bonds. The first kappa shape index (κ1) is 49.6. The van der Waals surface area contributed by atoms with E-state index in [2.05, 4.69) is 84.0 Å². The van der Waals surface area contributed by atoms with Crippen LogP contribution in [-0.2, 0) is 29.8 Å². The first-order chi connectivity index (χ1) is 31.4. The van der Waals surface area contributed by atoms with Crippen molar-refractivity contribution >= 4 is 76.1 Å². The van der Waals surface area contributed by atoms with Gasteiger partial charge in [0.2, 0.25) is 5.69 Å². The van der Waals surface area contributed by atoms with Crippen LogP contribution >= 0.6 is 0 Å². The summed E-state index contributed by atoms with van der Waals surface area (Å²) in [5, 5.41) is 4.44. The number of nitrogens with two attached hydrogens (primary N) is 1. The van der Waals surface area contributed by atoms with Crippen LogP contribution < -0.4 is 10.6 Å². The summed E-state index contributed by atoms with van der Waals surface area (Å²) >= 11 is 0. The van der Waals surface area contributed by atoms with E-state index in [9.17, 15) is 30.7 Å². The van der Waals surface area contributed by atoms with E-state index in [4.69, 9.17) is 10.5 Å². The Kier molecular flexibility index (Phi) is 16.6. The molecule has 0 spiro atoms. The van der Waals surface area contributed by atoms with Crippen LogP contribution in [0, 0.1) is 19.8 Å². The number of anilines is 2. The fourth-order valence-electron chi connectivity index (χ4n) is 8.88. The zero-order valence-corrected chi connectivity index (χ0v) is 40.2. The molecule has 1 aliphatic carbocycles. The van der Waals surface area contributed by atoms with Crippen LogP contribution in [-0.4, -0.2) is 73.4 Å². The highest BCUT2D eigenvalue weighted by Crippen LogP contribution is 2.42. The van der Waals surface area contributed by atoms with E-state index in [-0.39, 0.29) is 36.9 Å². The maximum atomic E-state index is 13.7. The van der Waals surface area contributed by atoms with Crippen molar-refractivity contribution in [3.05, 3.63) is 155 Å². The molecule has 5 aromatic rings. The number of unbranched alkanes of at least 4 members (excludes halogenated alkanes) is 2. The third-order valence-electron chi connectivity index (χ3n) is 12.3. The summed E-state index contributed by atoms with van der Waals surface area (Å²) in [6.07, 6.45) is 10.7. The first-order valence-corrected chi connectivity index (χ1v) is 25.7. The number of allylic oxidation sites excluding steroid dienone is 8. The molecule has 0 saturated heterocycles. The number of hydrogen-bond donors (Lipinski definition) is 3. The second-order valence-corrected chi connectivity index (χ2v) is 20.1. The van der Waals surface area contributed by atoms with E-state index in [1.807, 2.05) is 74.5 Å². The van der Waals surface area contributed by atoms with E-state index in [1.165, 1.54) is 0 Å². The Hall–Kier alpha value is -5.86. The maximum Gasteiger partial charge on any atom is 0.309 e. The second-order valence-electron chi connectivity index (χ2n) is 17.0. The van der Waals surface area contributed by atoms with Crippen LogP contribution in [0.25, 0.3) is 27.1 Å². The van der Waals surface area contributed by atoms with Gasteiger partial charge in [0.05, 0.1) is 24.0 Å². The van der Waals surface area contributed by atoms with Gasteiger partial charge in [0.25, 0.3) is 20.2 Å². The Labute approximate surface area is 390 Å². The molecule has 348 valence electrons. The number of benzene rings is 5. The third kappa shape index (κ3) is 12.9. The number of fused-ring (bicyclic) bond motifs is 2. The quantitative estimate of drug-likeness (QED) is 0.0181. The average Bonchev–Trinajstić information content (AvgIpc) is 3.28. The maximum absolute atomic E-state index is 13.7. The van der Waals surface area contributed by atoms with Gasteiger partial charge < -0.3 is 15.4 Å². The molecular formula is C53H62N3O8S2+. The number of aryl methyl sites for hydroxylation is 2. The highest BCUT2D eigenvalue weighted by Gasteiger charge is 2.31. The number of esters is 1. The van der Waals surface area contributed by atoms with E-state index in [0.29, 0.717) is 44.5 Å². The number of rotatable bonds is 19. The molecule has 6 rings (SSSR count).